The van der Waals surface area contributed by atoms with E-state index >= 15 is 0 Å². The second kappa shape index (κ2) is 2.60. The second-order valence-electron chi connectivity index (χ2n) is 3.78. The third-order valence-electron chi connectivity index (χ3n) is 2.88. The molecule has 1 aromatic rings. The summed E-state index contributed by atoms with van der Waals surface area (Å²) < 4.78 is 0. The average Bonchev–Trinajstić information content (AvgIpc) is 2.35. The van der Waals surface area contributed by atoms with E-state index in [0.717, 1.165) is 12.8 Å². The van der Waals surface area contributed by atoms with Crippen molar-refractivity contribution < 1.29 is 0 Å². The summed E-state index contributed by atoms with van der Waals surface area (Å²) in [6, 6.07) is 4.83. The molecule has 0 spiro atoms. The number of hydrogen-bond donors (Lipinski definition) is 1. The van der Waals surface area contributed by atoms with Gasteiger partial charge in [0.1, 0.15) is 0 Å². The van der Waals surface area contributed by atoms with E-state index in [2.05, 4.69) is 26.0 Å². The summed E-state index contributed by atoms with van der Waals surface area (Å²) in [5.41, 5.74) is 11.6. The second-order valence-corrected chi connectivity index (χ2v) is 3.78. The van der Waals surface area contributed by atoms with Crippen molar-refractivity contribution in [3.8, 4) is 0 Å². The van der Waals surface area contributed by atoms with E-state index in [0.29, 0.717) is 6.04 Å². The van der Waals surface area contributed by atoms with Crippen LogP contribution in [0.15, 0.2) is 12.1 Å². The van der Waals surface area contributed by atoms with Crippen LogP contribution in [0.3, 0.4) is 0 Å². The van der Waals surface area contributed by atoms with Crippen molar-refractivity contribution in [3.63, 3.8) is 0 Å². The van der Waals surface area contributed by atoms with E-state index in [4.69, 9.17) is 5.73 Å². The summed E-state index contributed by atoms with van der Waals surface area (Å²) in [5.74, 6) is 0. The predicted molar refractivity (Wildman–Crippen MR) is 51.2 cm³/mol. The molecule has 1 nitrogen and oxygen atoms in total. The van der Waals surface area contributed by atoms with Gasteiger partial charge in [-0.2, -0.15) is 0 Å². The molecule has 1 aliphatic rings. The van der Waals surface area contributed by atoms with Gasteiger partial charge in [0.25, 0.3) is 0 Å². The fraction of sp³-hybridized carbons (Fsp3) is 0.455. The number of rotatable bonds is 0. The lowest BCUT2D eigenvalue weighted by Crippen LogP contribution is -2.05. The Labute approximate surface area is 73.6 Å². The molecular formula is C11H15N. The molecule has 0 radical (unpaired) electrons. The van der Waals surface area contributed by atoms with E-state index < -0.39 is 0 Å². The van der Waals surface area contributed by atoms with E-state index in [9.17, 15) is 0 Å². The zero-order valence-electron chi connectivity index (χ0n) is 7.72. The zero-order chi connectivity index (χ0) is 8.72. The quantitative estimate of drug-likeness (QED) is 0.620. The zero-order valence-corrected chi connectivity index (χ0v) is 7.72. The van der Waals surface area contributed by atoms with Crippen molar-refractivity contribution >= 4 is 0 Å². The molecule has 0 aromatic heterocycles. The summed E-state index contributed by atoms with van der Waals surface area (Å²) in [7, 11) is 0. The van der Waals surface area contributed by atoms with Gasteiger partial charge in [0.15, 0.2) is 0 Å². The van der Waals surface area contributed by atoms with Crippen molar-refractivity contribution in [1.29, 1.82) is 0 Å². The largest absolute Gasteiger partial charge is 0.324 e. The first-order chi connectivity index (χ1) is 5.68. The fourth-order valence-electron chi connectivity index (χ4n) is 1.93. The Hall–Kier alpha value is -0.820. The Balaban J connectivity index is 2.56. The van der Waals surface area contributed by atoms with Crippen LogP contribution in [-0.4, -0.2) is 0 Å². The number of hydrogen-bond acceptors (Lipinski definition) is 1. The normalized spacial score (nSPS) is 21.1. The molecule has 0 saturated heterocycles. The Morgan fingerprint density at radius 1 is 1.25 bits per heavy atom. The van der Waals surface area contributed by atoms with Crippen LogP contribution in [-0.2, 0) is 6.42 Å². The number of nitrogens with two attached hydrogens (primary N) is 1. The Bertz CT molecular complexity index is 315. The van der Waals surface area contributed by atoms with Gasteiger partial charge in [-0.3, -0.25) is 0 Å². The van der Waals surface area contributed by atoms with Gasteiger partial charge in [-0.05, 0) is 48.9 Å². The van der Waals surface area contributed by atoms with Crippen LogP contribution in [0.2, 0.25) is 0 Å². The minimum atomic E-state index is 0.291. The molecule has 0 saturated carbocycles. The van der Waals surface area contributed by atoms with Crippen molar-refractivity contribution in [2.75, 3.05) is 0 Å². The maximum absolute atomic E-state index is 5.97. The first kappa shape index (κ1) is 7.81. The molecular weight excluding hydrogens is 146 g/mol. The summed E-state index contributed by atoms with van der Waals surface area (Å²) >= 11 is 0. The van der Waals surface area contributed by atoms with Gasteiger partial charge in [0.05, 0.1) is 0 Å². The number of benzene rings is 1. The highest BCUT2D eigenvalue weighted by atomic mass is 14.6. The lowest BCUT2D eigenvalue weighted by Gasteiger charge is -2.07. The molecule has 0 fully saturated rings. The minimum Gasteiger partial charge on any atom is -0.324 e. The van der Waals surface area contributed by atoms with Crippen LogP contribution >= 0.6 is 0 Å². The first-order valence-electron chi connectivity index (χ1n) is 4.54. The fourth-order valence-corrected chi connectivity index (χ4v) is 1.93. The van der Waals surface area contributed by atoms with Gasteiger partial charge < -0.3 is 5.73 Å². The van der Waals surface area contributed by atoms with Gasteiger partial charge in [-0.1, -0.05) is 12.1 Å². The molecule has 1 atom stereocenters. The van der Waals surface area contributed by atoms with E-state index in [-0.39, 0.29) is 0 Å². The molecule has 0 amide bonds. The molecule has 12 heavy (non-hydrogen) atoms. The summed E-state index contributed by atoms with van der Waals surface area (Å²) in [6.07, 6.45) is 2.29. The Morgan fingerprint density at radius 3 is 2.67 bits per heavy atom. The standard InChI is InChI=1S/C11H15N/c1-7-5-9-3-4-11(12)10(9)6-8(7)2/h5-6,11H,3-4,12H2,1-2H3/t11-/m1/s1. The van der Waals surface area contributed by atoms with Crippen LogP contribution in [0.4, 0.5) is 0 Å². The molecule has 0 bridgehead atoms. The van der Waals surface area contributed by atoms with Crippen LogP contribution < -0.4 is 5.73 Å². The number of fused-ring (bicyclic) bond motifs is 1. The van der Waals surface area contributed by atoms with Gasteiger partial charge in [0.2, 0.25) is 0 Å². The Morgan fingerprint density at radius 2 is 1.92 bits per heavy atom. The lowest BCUT2D eigenvalue weighted by atomic mass is 10.0. The van der Waals surface area contributed by atoms with Crippen molar-refractivity contribution in [3.05, 3.63) is 34.4 Å². The van der Waals surface area contributed by atoms with Gasteiger partial charge in [-0.25, -0.2) is 0 Å². The highest BCUT2D eigenvalue weighted by Gasteiger charge is 2.18. The maximum atomic E-state index is 5.97. The monoisotopic (exact) mass is 161 g/mol. The average molecular weight is 161 g/mol. The predicted octanol–water partition coefficient (Wildman–Crippen LogP) is 2.25. The molecule has 2 N–H and O–H groups in total. The van der Waals surface area contributed by atoms with E-state index in [1.165, 1.54) is 22.3 Å². The van der Waals surface area contributed by atoms with E-state index in [1.54, 1.807) is 0 Å². The van der Waals surface area contributed by atoms with E-state index in [1.807, 2.05) is 0 Å². The van der Waals surface area contributed by atoms with Crippen molar-refractivity contribution in [2.45, 2.75) is 32.7 Å². The molecule has 64 valence electrons. The highest BCUT2D eigenvalue weighted by molar-refractivity contribution is 5.41. The lowest BCUT2D eigenvalue weighted by molar-refractivity contribution is 0.713. The minimum absolute atomic E-state index is 0.291. The molecule has 1 aromatic carbocycles. The molecule has 2 rings (SSSR count). The third-order valence-corrected chi connectivity index (χ3v) is 2.88. The highest BCUT2D eigenvalue weighted by Crippen LogP contribution is 2.30. The van der Waals surface area contributed by atoms with Gasteiger partial charge >= 0.3 is 0 Å². The van der Waals surface area contributed by atoms with Crippen LogP contribution in [0.5, 0.6) is 0 Å². The molecule has 0 unspecified atom stereocenters. The molecule has 1 aliphatic carbocycles. The number of aryl methyl sites for hydroxylation is 3. The molecule has 0 heterocycles. The Kier molecular flexibility index (Phi) is 1.69. The van der Waals surface area contributed by atoms with Crippen LogP contribution in [0.25, 0.3) is 0 Å². The molecule has 1 heteroatoms. The summed E-state index contributed by atoms with van der Waals surface area (Å²) in [4.78, 5) is 0. The van der Waals surface area contributed by atoms with Crippen LogP contribution in [0, 0.1) is 13.8 Å². The van der Waals surface area contributed by atoms with Crippen molar-refractivity contribution in [2.24, 2.45) is 5.73 Å². The first-order valence-corrected chi connectivity index (χ1v) is 4.54. The van der Waals surface area contributed by atoms with Gasteiger partial charge in [-0.15, -0.1) is 0 Å². The third kappa shape index (κ3) is 1.05. The summed E-state index contributed by atoms with van der Waals surface area (Å²) in [6.45, 7) is 4.32. The smallest absolute Gasteiger partial charge is 0.0300 e. The van der Waals surface area contributed by atoms with Crippen molar-refractivity contribution in [1.82, 2.24) is 0 Å². The molecule has 0 aliphatic heterocycles. The van der Waals surface area contributed by atoms with Crippen LogP contribution in [0.1, 0.15) is 34.7 Å². The topological polar surface area (TPSA) is 26.0 Å². The SMILES string of the molecule is Cc1cc2c(cc1C)[C@H](N)CC2. The summed E-state index contributed by atoms with van der Waals surface area (Å²) in [5, 5.41) is 0. The maximum Gasteiger partial charge on any atom is 0.0300 e. The van der Waals surface area contributed by atoms with Gasteiger partial charge in [0, 0.05) is 6.04 Å².